The number of anilines is 1. The quantitative estimate of drug-likeness (QED) is 0.455. The highest BCUT2D eigenvalue weighted by Crippen LogP contribution is 2.24. The lowest BCUT2D eigenvalue weighted by Gasteiger charge is -2.11. The Morgan fingerprint density at radius 1 is 1.09 bits per heavy atom. The number of para-hydroxylation sites is 2. The number of nitrogens with one attached hydrogen (secondary N) is 2. The lowest BCUT2D eigenvalue weighted by molar-refractivity contribution is -0.113. The van der Waals surface area contributed by atoms with Gasteiger partial charge < -0.3 is 19.9 Å². The van der Waals surface area contributed by atoms with Gasteiger partial charge in [-0.05, 0) is 45.0 Å². The average Bonchev–Trinajstić information content (AvgIpc) is 3.19. The first-order chi connectivity index (χ1) is 15.5. The standard InChI is InChI=1S/C23H27N5O3S/c1-4-28-20(14-24-22(30)17-10-8-9-16(3)13-17)26-27-23(28)32-15-21(29)25-18-11-6-7-12-19(18)31-5-2/h6-13H,4-5,14-15H2,1-3H3,(H,24,30)(H,25,29). The predicted molar refractivity (Wildman–Crippen MR) is 125 cm³/mol. The van der Waals surface area contributed by atoms with Crippen molar-refractivity contribution in [2.75, 3.05) is 17.7 Å². The summed E-state index contributed by atoms with van der Waals surface area (Å²) in [5, 5.41) is 14.8. The molecule has 168 valence electrons. The number of hydrogen-bond donors (Lipinski definition) is 2. The molecular formula is C23H27N5O3S. The largest absolute Gasteiger partial charge is 0.492 e. The smallest absolute Gasteiger partial charge is 0.251 e. The molecule has 1 aromatic heterocycles. The van der Waals surface area contributed by atoms with Gasteiger partial charge >= 0.3 is 0 Å². The number of aryl methyl sites for hydroxylation is 1. The molecular weight excluding hydrogens is 426 g/mol. The second kappa shape index (κ2) is 11.3. The molecule has 9 heteroatoms. The van der Waals surface area contributed by atoms with Crippen LogP contribution in [0.5, 0.6) is 5.75 Å². The van der Waals surface area contributed by atoms with Gasteiger partial charge in [0.25, 0.3) is 5.91 Å². The van der Waals surface area contributed by atoms with E-state index >= 15 is 0 Å². The number of thioether (sulfide) groups is 1. The van der Waals surface area contributed by atoms with Gasteiger partial charge in [-0.3, -0.25) is 9.59 Å². The van der Waals surface area contributed by atoms with Crippen molar-refractivity contribution in [1.82, 2.24) is 20.1 Å². The van der Waals surface area contributed by atoms with Crippen molar-refractivity contribution in [2.24, 2.45) is 0 Å². The number of benzene rings is 2. The Morgan fingerprint density at radius 2 is 1.91 bits per heavy atom. The maximum absolute atomic E-state index is 12.4. The molecule has 0 saturated carbocycles. The van der Waals surface area contributed by atoms with Gasteiger partial charge in [-0.2, -0.15) is 0 Å². The molecule has 0 aliphatic heterocycles. The molecule has 8 nitrogen and oxygen atoms in total. The summed E-state index contributed by atoms with van der Waals surface area (Å²) in [4.78, 5) is 24.8. The van der Waals surface area contributed by atoms with Crippen molar-refractivity contribution in [1.29, 1.82) is 0 Å². The summed E-state index contributed by atoms with van der Waals surface area (Å²) in [7, 11) is 0. The molecule has 32 heavy (non-hydrogen) atoms. The van der Waals surface area contributed by atoms with Gasteiger partial charge in [-0.25, -0.2) is 0 Å². The Hall–Kier alpha value is -3.33. The minimum absolute atomic E-state index is 0.165. The Balaban J connectivity index is 1.58. The van der Waals surface area contributed by atoms with Crippen LogP contribution in [0.2, 0.25) is 0 Å². The summed E-state index contributed by atoms with van der Waals surface area (Å²) < 4.78 is 7.43. The molecule has 3 rings (SSSR count). The van der Waals surface area contributed by atoms with Crippen LogP contribution in [0.4, 0.5) is 5.69 Å². The van der Waals surface area contributed by atoms with Crippen LogP contribution in [-0.2, 0) is 17.9 Å². The minimum atomic E-state index is -0.166. The molecule has 0 bridgehead atoms. The lowest BCUT2D eigenvalue weighted by atomic mass is 10.1. The van der Waals surface area contributed by atoms with Gasteiger partial charge in [-0.1, -0.05) is 41.6 Å². The number of rotatable bonds is 10. The predicted octanol–water partition coefficient (Wildman–Crippen LogP) is 3.67. The molecule has 0 aliphatic rings. The van der Waals surface area contributed by atoms with Crippen LogP contribution >= 0.6 is 11.8 Å². The van der Waals surface area contributed by atoms with E-state index in [1.54, 1.807) is 12.1 Å². The molecule has 0 radical (unpaired) electrons. The van der Waals surface area contributed by atoms with Gasteiger partial charge in [0.1, 0.15) is 5.75 Å². The summed E-state index contributed by atoms with van der Waals surface area (Å²) in [6.45, 7) is 7.20. The zero-order chi connectivity index (χ0) is 22.9. The summed E-state index contributed by atoms with van der Waals surface area (Å²) >= 11 is 1.30. The highest BCUT2D eigenvalue weighted by Gasteiger charge is 2.15. The SMILES string of the molecule is CCOc1ccccc1NC(=O)CSc1nnc(CNC(=O)c2cccc(C)c2)n1CC. The van der Waals surface area contributed by atoms with Crippen molar-refractivity contribution in [2.45, 2.75) is 39.0 Å². The van der Waals surface area contributed by atoms with E-state index < -0.39 is 0 Å². The minimum Gasteiger partial charge on any atom is -0.492 e. The summed E-state index contributed by atoms with van der Waals surface area (Å²) in [6, 6.07) is 14.7. The van der Waals surface area contributed by atoms with Crippen molar-refractivity contribution < 1.29 is 14.3 Å². The first kappa shape index (κ1) is 23.3. The highest BCUT2D eigenvalue weighted by molar-refractivity contribution is 7.99. The fourth-order valence-corrected chi connectivity index (χ4v) is 3.91. The Bertz CT molecular complexity index is 1080. The molecule has 2 amide bonds. The third-order valence-corrected chi connectivity index (χ3v) is 5.56. The number of carbonyl (C=O) groups is 2. The zero-order valence-corrected chi connectivity index (χ0v) is 19.2. The topological polar surface area (TPSA) is 98.1 Å². The number of nitrogens with zero attached hydrogens (tertiary/aromatic N) is 3. The average molecular weight is 454 g/mol. The lowest BCUT2D eigenvalue weighted by Crippen LogP contribution is -2.25. The fraction of sp³-hybridized carbons (Fsp3) is 0.304. The monoisotopic (exact) mass is 453 g/mol. The van der Waals surface area contributed by atoms with Crippen LogP contribution in [0, 0.1) is 6.92 Å². The number of ether oxygens (including phenoxy) is 1. The van der Waals surface area contributed by atoms with Crippen molar-refractivity contribution >= 4 is 29.3 Å². The fourth-order valence-electron chi connectivity index (χ4n) is 3.09. The summed E-state index contributed by atoms with van der Waals surface area (Å²) in [5.41, 5.74) is 2.26. The summed E-state index contributed by atoms with van der Waals surface area (Å²) in [6.07, 6.45) is 0. The van der Waals surface area contributed by atoms with E-state index in [2.05, 4.69) is 20.8 Å². The van der Waals surface area contributed by atoms with Crippen molar-refractivity contribution in [3.05, 3.63) is 65.5 Å². The van der Waals surface area contributed by atoms with Crippen LogP contribution in [0.15, 0.2) is 53.7 Å². The van der Waals surface area contributed by atoms with E-state index in [4.69, 9.17) is 4.74 Å². The second-order valence-electron chi connectivity index (χ2n) is 6.96. The Labute approximate surface area is 191 Å². The third-order valence-electron chi connectivity index (χ3n) is 4.59. The van der Waals surface area contributed by atoms with Gasteiger partial charge in [-0.15, -0.1) is 10.2 Å². The Kier molecular flexibility index (Phi) is 8.27. The van der Waals surface area contributed by atoms with Gasteiger partial charge in [0.05, 0.1) is 24.6 Å². The molecule has 0 spiro atoms. The van der Waals surface area contributed by atoms with Crippen LogP contribution in [0.1, 0.15) is 35.6 Å². The van der Waals surface area contributed by atoms with Crippen LogP contribution in [0.25, 0.3) is 0 Å². The van der Waals surface area contributed by atoms with E-state index in [1.165, 1.54) is 11.8 Å². The maximum Gasteiger partial charge on any atom is 0.251 e. The van der Waals surface area contributed by atoms with Gasteiger partial charge in [0, 0.05) is 12.1 Å². The number of amides is 2. The Morgan fingerprint density at radius 3 is 2.66 bits per heavy atom. The normalized spacial score (nSPS) is 10.6. The first-order valence-corrected chi connectivity index (χ1v) is 11.4. The van der Waals surface area contributed by atoms with Gasteiger partial charge in [0.2, 0.25) is 5.91 Å². The van der Waals surface area contributed by atoms with Crippen molar-refractivity contribution in [3.8, 4) is 5.75 Å². The molecule has 0 atom stereocenters. The number of hydrogen-bond acceptors (Lipinski definition) is 6. The highest BCUT2D eigenvalue weighted by atomic mass is 32.2. The van der Waals surface area contributed by atoms with E-state index in [9.17, 15) is 9.59 Å². The molecule has 0 unspecified atom stereocenters. The van der Waals surface area contributed by atoms with Crippen molar-refractivity contribution in [3.63, 3.8) is 0 Å². The summed E-state index contributed by atoms with van der Waals surface area (Å²) in [5.74, 6) is 1.12. The molecule has 1 heterocycles. The van der Waals surface area contributed by atoms with E-state index in [1.807, 2.05) is 61.7 Å². The molecule has 0 saturated heterocycles. The number of carbonyl (C=O) groups excluding carboxylic acids is 2. The van der Waals surface area contributed by atoms with Gasteiger partial charge in [0.15, 0.2) is 11.0 Å². The molecule has 0 aliphatic carbocycles. The maximum atomic E-state index is 12.4. The molecule has 2 aromatic carbocycles. The molecule has 3 aromatic rings. The second-order valence-corrected chi connectivity index (χ2v) is 7.90. The van der Waals surface area contributed by atoms with E-state index in [0.717, 1.165) is 5.56 Å². The van der Waals surface area contributed by atoms with E-state index in [0.29, 0.717) is 41.1 Å². The first-order valence-electron chi connectivity index (χ1n) is 10.4. The number of aromatic nitrogens is 3. The zero-order valence-electron chi connectivity index (χ0n) is 18.4. The van der Waals surface area contributed by atoms with Crippen LogP contribution in [-0.4, -0.2) is 38.9 Å². The molecule has 0 fully saturated rings. The van der Waals surface area contributed by atoms with Crippen LogP contribution < -0.4 is 15.4 Å². The molecule has 2 N–H and O–H groups in total. The van der Waals surface area contributed by atoms with E-state index in [-0.39, 0.29) is 24.1 Å². The third kappa shape index (κ3) is 6.10. The van der Waals surface area contributed by atoms with Crippen LogP contribution in [0.3, 0.4) is 0 Å².